The van der Waals surface area contributed by atoms with Crippen molar-refractivity contribution in [2.24, 2.45) is 0 Å². The van der Waals surface area contributed by atoms with Crippen LogP contribution in [0.15, 0.2) is 67.0 Å². The minimum atomic E-state index is -0.264. The molecule has 0 spiro atoms. The van der Waals surface area contributed by atoms with E-state index >= 15 is 0 Å². The Morgan fingerprint density at radius 3 is 2.43 bits per heavy atom. The number of ether oxygens (including phenoxy) is 1. The molecule has 0 saturated carbocycles. The summed E-state index contributed by atoms with van der Waals surface area (Å²) < 4.78 is 5.59. The lowest BCUT2D eigenvalue weighted by Crippen LogP contribution is -2.13. The van der Waals surface area contributed by atoms with Gasteiger partial charge in [-0.3, -0.25) is 4.79 Å². The Labute approximate surface area is 134 Å². The summed E-state index contributed by atoms with van der Waals surface area (Å²) in [6, 6.07) is 16.3. The molecule has 0 aliphatic rings. The molecule has 0 aliphatic carbocycles. The molecule has 3 rings (SSSR count). The van der Waals surface area contributed by atoms with Crippen LogP contribution < -0.4 is 10.1 Å². The summed E-state index contributed by atoms with van der Waals surface area (Å²) in [7, 11) is 0. The van der Waals surface area contributed by atoms with E-state index in [4.69, 9.17) is 4.74 Å². The van der Waals surface area contributed by atoms with Crippen molar-refractivity contribution in [3.05, 3.63) is 78.1 Å². The van der Waals surface area contributed by atoms with Crippen molar-refractivity contribution in [1.82, 2.24) is 9.97 Å². The first-order valence-electron chi connectivity index (χ1n) is 7.14. The lowest BCUT2D eigenvalue weighted by Gasteiger charge is -2.06. The molecule has 5 heteroatoms. The molecule has 3 aromatic rings. The number of carbonyl (C=O) groups excluding carboxylic acids is 1. The summed E-state index contributed by atoms with van der Waals surface area (Å²) in [6.07, 6.45) is 3.17. The predicted octanol–water partition coefficient (Wildman–Crippen LogP) is 3.83. The Morgan fingerprint density at radius 2 is 1.78 bits per heavy atom. The van der Waals surface area contributed by atoms with E-state index in [0.29, 0.717) is 23.0 Å². The van der Waals surface area contributed by atoms with Crippen molar-refractivity contribution >= 4 is 11.7 Å². The normalized spacial score (nSPS) is 10.1. The van der Waals surface area contributed by atoms with Crippen LogP contribution in [-0.4, -0.2) is 15.9 Å². The van der Waals surface area contributed by atoms with Gasteiger partial charge in [0.2, 0.25) is 5.88 Å². The lowest BCUT2D eigenvalue weighted by molar-refractivity contribution is 0.102. The minimum absolute atomic E-state index is 0.264. The Balaban J connectivity index is 1.66. The van der Waals surface area contributed by atoms with Crippen LogP contribution in [0.4, 0.5) is 5.82 Å². The van der Waals surface area contributed by atoms with Gasteiger partial charge in [0, 0.05) is 18.5 Å². The summed E-state index contributed by atoms with van der Waals surface area (Å²) in [4.78, 5) is 20.4. The average molecular weight is 305 g/mol. The van der Waals surface area contributed by atoms with Crippen molar-refractivity contribution < 1.29 is 9.53 Å². The topological polar surface area (TPSA) is 64.1 Å². The zero-order chi connectivity index (χ0) is 16.1. The summed E-state index contributed by atoms with van der Waals surface area (Å²) in [5, 5.41) is 2.72. The lowest BCUT2D eigenvalue weighted by atomic mass is 10.2. The zero-order valence-electron chi connectivity index (χ0n) is 12.6. The van der Waals surface area contributed by atoms with Crippen molar-refractivity contribution in [3.63, 3.8) is 0 Å². The van der Waals surface area contributed by atoms with Gasteiger partial charge in [-0.15, -0.1) is 0 Å². The molecule has 0 bridgehead atoms. The van der Waals surface area contributed by atoms with Gasteiger partial charge in [0.25, 0.3) is 5.91 Å². The second-order valence-corrected chi connectivity index (χ2v) is 4.98. The summed E-state index contributed by atoms with van der Waals surface area (Å²) in [6.45, 7) is 1.94. The maximum atomic E-state index is 12.1. The maximum Gasteiger partial charge on any atom is 0.258 e. The van der Waals surface area contributed by atoms with E-state index in [-0.39, 0.29) is 5.91 Å². The molecule has 1 N–H and O–H groups in total. The molecular formula is C18H15N3O2. The van der Waals surface area contributed by atoms with Crippen LogP contribution in [0.1, 0.15) is 15.9 Å². The number of aryl methyl sites for hydroxylation is 1. The standard InChI is InChI=1S/C18H15N3O2/c1-13-7-9-16(19-11-13)21-18(22)14-8-10-17(20-12-14)23-15-5-3-2-4-6-15/h2-12H,1H3,(H,19,21,22). The number of para-hydroxylation sites is 1. The monoisotopic (exact) mass is 305 g/mol. The fourth-order valence-corrected chi connectivity index (χ4v) is 1.91. The third-order valence-corrected chi connectivity index (χ3v) is 3.12. The molecular weight excluding hydrogens is 290 g/mol. The molecule has 0 fully saturated rings. The van der Waals surface area contributed by atoms with E-state index < -0.39 is 0 Å². The van der Waals surface area contributed by atoms with Gasteiger partial charge in [-0.25, -0.2) is 9.97 Å². The first kappa shape index (κ1) is 14.7. The van der Waals surface area contributed by atoms with Gasteiger partial charge >= 0.3 is 0 Å². The highest BCUT2D eigenvalue weighted by molar-refractivity contribution is 6.03. The van der Waals surface area contributed by atoms with E-state index in [2.05, 4.69) is 15.3 Å². The average Bonchev–Trinajstić information content (AvgIpc) is 2.58. The highest BCUT2D eigenvalue weighted by Crippen LogP contribution is 2.18. The number of hydrogen-bond acceptors (Lipinski definition) is 4. The number of nitrogens with zero attached hydrogens (tertiary/aromatic N) is 2. The fourth-order valence-electron chi connectivity index (χ4n) is 1.91. The molecule has 23 heavy (non-hydrogen) atoms. The van der Waals surface area contributed by atoms with Crippen molar-refractivity contribution in [1.29, 1.82) is 0 Å². The molecule has 2 aromatic heterocycles. The molecule has 1 amide bonds. The molecule has 5 nitrogen and oxygen atoms in total. The third kappa shape index (κ3) is 3.91. The van der Waals surface area contributed by atoms with Crippen LogP contribution >= 0.6 is 0 Å². The Hall–Kier alpha value is -3.21. The highest BCUT2D eigenvalue weighted by Gasteiger charge is 2.08. The van der Waals surface area contributed by atoms with Crippen molar-refractivity contribution in [2.75, 3.05) is 5.32 Å². The number of rotatable bonds is 4. The number of benzene rings is 1. The molecule has 1 aromatic carbocycles. The van der Waals surface area contributed by atoms with Crippen LogP contribution in [0.2, 0.25) is 0 Å². The van der Waals surface area contributed by atoms with E-state index in [9.17, 15) is 4.79 Å². The predicted molar refractivity (Wildman–Crippen MR) is 87.7 cm³/mol. The van der Waals surface area contributed by atoms with Gasteiger partial charge in [0.15, 0.2) is 0 Å². The van der Waals surface area contributed by atoms with Crippen LogP contribution in [0.5, 0.6) is 11.6 Å². The Morgan fingerprint density at radius 1 is 0.957 bits per heavy atom. The number of pyridine rings is 2. The van der Waals surface area contributed by atoms with Crippen LogP contribution in [-0.2, 0) is 0 Å². The van der Waals surface area contributed by atoms with Gasteiger partial charge in [-0.2, -0.15) is 0 Å². The molecule has 0 saturated heterocycles. The first-order chi connectivity index (χ1) is 11.2. The minimum Gasteiger partial charge on any atom is -0.439 e. The van der Waals surface area contributed by atoms with Gasteiger partial charge in [-0.05, 0) is 36.8 Å². The van der Waals surface area contributed by atoms with Crippen molar-refractivity contribution in [3.8, 4) is 11.6 Å². The van der Waals surface area contributed by atoms with Gasteiger partial charge in [-0.1, -0.05) is 24.3 Å². The Bertz CT molecular complexity index is 785. The third-order valence-electron chi connectivity index (χ3n) is 3.12. The van der Waals surface area contributed by atoms with E-state index in [1.54, 1.807) is 24.4 Å². The summed E-state index contributed by atoms with van der Waals surface area (Å²) in [5.41, 5.74) is 1.47. The number of nitrogens with one attached hydrogen (secondary N) is 1. The van der Waals surface area contributed by atoms with E-state index in [1.165, 1.54) is 6.20 Å². The van der Waals surface area contributed by atoms with Gasteiger partial charge in [0.1, 0.15) is 11.6 Å². The second kappa shape index (κ2) is 6.70. The summed E-state index contributed by atoms with van der Waals surface area (Å²) in [5.74, 6) is 1.37. The largest absolute Gasteiger partial charge is 0.439 e. The van der Waals surface area contributed by atoms with E-state index in [0.717, 1.165) is 5.56 Å². The van der Waals surface area contributed by atoms with E-state index in [1.807, 2.05) is 43.3 Å². The molecule has 114 valence electrons. The Kier molecular flexibility index (Phi) is 4.29. The quantitative estimate of drug-likeness (QED) is 0.795. The van der Waals surface area contributed by atoms with Gasteiger partial charge in [0.05, 0.1) is 5.56 Å². The van der Waals surface area contributed by atoms with Crippen molar-refractivity contribution in [2.45, 2.75) is 6.92 Å². The molecule has 0 unspecified atom stereocenters. The zero-order valence-corrected chi connectivity index (χ0v) is 12.6. The number of aromatic nitrogens is 2. The second-order valence-electron chi connectivity index (χ2n) is 4.98. The fraction of sp³-hybridized carbons (Fsp3) is 0.0556. The smallest absolute Gasteiger partial charge is 0.258 e. The first-order valence-corrected chi connectivity index (χ1v) is 7.14. The van der Waals surface area contributed by atoms with Crippen LogP contribution in [0.3, 0.4) is 0 Å². The summed E-state index contributed by atoms with van der Waals surface area (Å²) >= 11 is 0. The van der Waals surface area contributed by atoms with Gasteiger partial charge < -0.3 is 10.1 Å². The highest BCUT2D eigenvalue weighted by atomic mass is 16.5. The number of amides is 1. The van der Waals surface area contributed by atoms with Crippen LogP contribution in [0.25, 0.3) is 0 Å². The number of anilines is 1. The number of carbonyl (C=O) groups is 1. The maximum absolute atomic E-state index is 12.1. The molecule has 2 heterocycles. The SMILES string of the molecule is Cc1ccc(NC(=O)c2ccc(Oc3ccccc3)nc2)nc1. The van der Waals surface area contributed by atoms with Crippen LogP contribution in [0, 0.1) is 6.92 Å². The molecule has 0 aliphatic heterocycles. The molecule has 0 atom stereocenters. The number of hydrogen-bond donors (Lipinski definition) is 1. The molecule has 0 radical (unpaired) electrons.